The maximum Gasteiger partial charge on any atom is 0.241 e. The second kappa shape index (κ2) is 6.57. The van der Waals surface area contributed by atoms with E-state index in [4.69, 9.17) is 17.3 Å². The third-order valence-corrected chi connectivity index (χ3v) is 2.63. The molecule has 0 aromatic heterocycles. The number of hydrogen-bond donors (Lipinski definition) is 2. The minimum absolute atomic E-state index is 0.103. The van der Waals surface area contributed by atoms with Crippen molar-refractivity contribution < 1.29 is 9.18 Å². The van der Waals surface area contributed by atoms with Gasteiger partial charge >= 0.3 is 0 Å². The van der Waals surface area contributed by atoms with Gasteiger partial charge in [0.2, 0.25) is 5.91 Å². The van der Waals surface area contributed by atoms with Crippen molar-refractivity contribution in [2.24, 2.45) is 5.73 Å². The lowest BCUT2D eigenvalue weighted by atomic mass is 10.1. The second-order valence-corrected chi connectivity index (χ2v) is 4.30. The van der Waals surface area contributed by atoms with E-state index in [1.807, 2.05) is 6.92 Å². The fraction of sp³-hybridized carbons (Fsp3) is 0.417. The highest BCUT2D eigenvalue weighted by molar-refractivity contribution is 6.30. The van der Waals surface area contributed by atoms with Crippen molar-refractivity contribution in [1.82, 2.24) is 0 Å². The molecule has 0 fully saturated rings. The molecule has 1 aromatic rings. The number of nitrogens with one attached hydrogen (secondary N) is 1. The van der Waals surface area contributed by atoms with Gasteiger partial charge in [0, 0.05) is 5.02 Å². The van der Waals surface area contributed by atoms with Crippen LogP contribution in [0.3, 0.4) is 0 Å². The van der Waals surface area contributed by atoms with Gasteiger partial charge in [0.15, 0.2) is 0 Å². The molecule has 0 saturated carbocycles. The Balaban J connectivity index is 2.61. The molecule has 1 rings (SSSR count). The fourth-order valence-corrected chi connectivity index (χ4v) is 1.53. The molecule has 0 spiro atoms. The average molecular weight is 259 g/mol. The molecule has 0 radical (unpaired) electrons. The first-order valence-corrected chi connectivity index (χ1v) is 5.94. The molecule has 3 nitrogen and oxygen atoms in total. The molecule has 1 atom stereocenters. The molecule has 0 saturated heterocycles. The molecule has 0 aliphatic carbocycles. The van der Waals surface area contributed by atoms with E-state index in [0.29, 0.717) is 6.42 Å². The van der Waals surface area contributed by atoms with E-state index in [2.05, 4.69) is 5.32 Å². The van der Waals surface area contributed by atoms with Crippen LogP contribution in [0.4, 0.5) is 10.1 Å². The van der Waals surface area contributed by atoms with E-state index < -0.39 is 11.9 Å². The first kappa shape index (κ1) is 13.9. The zero-order valence-electron chi connectivity index (χ0n) is 9.67. The molecule has 1 unspecified atom stereocenters. The number of hydrogen-bond acceptors (Lipinski definition) is 2. The SMILES string of the molecule is CCCCC(N)C(=O)Nc1ccc(Cl)cc1F. The quantitative estimate of drug-likeness (QED) is 0.853. The minimum Gasteiger partial charge on any atom is -0.322 e. The molecule has 1 aromatic carbocycles. The summed E-state index contributed by atoms with van der Waals surface area (Å²) in [6, 6.07) is 3.47. The van der Waals surface area contributed by atoms with Crippen LogP contribution >= 0.6 is 11.6 Å². The lowest BCUT2D eigenvalue weighted by Crippen LogP contribution is -2.35. The highest BCUT2D eigenvalue weighted by Gasteiger charge is 2.14. The number of unbranched alkanes of at least 4 members (excludes halogenated alkanes) is 1. The van der Waals surface area contributed by atoms with E-state index in [1.54, 1.807) is 0 Å². The standard InChI is InChI=1S/C12H16ClFN2O/c1-2-3-4-10(15)12(17)16-11-6-5-8(13)7-9(11)14/h5-7,10H,2-4,15H2,1H3,(H,16,17). The third kappa shape index (κ3) is 4.32. The van der Waals surface area contributed by atoms with E-state index in [1.165, 1.54) is 12.1 Å². The Morgan fingerprint density at radius 1 is 1.59 bits per heavy atom. The Morgan fingerprint density at radius 2 is 2.29 bits per heavy atom. The summed E-state index contributed by atoms with van der Waals surface area (Å²) in [5, 5.41) is 2.74. The summed E-state index contributed by atoms with van der Waals surface area (Å²) in [5.41, 5.74) is 5.77. The molecule has 94 valence electrons. The van der Waals surface area contributed by atoms with E-state index in [0.717, 1.165) is 18.9 Å². The lowest BCUT2D eigenvalue weighted by Gasteiger charge is -2.12. The van der Waals surface area contributed by atoms with Gasteiger partial charge in [-0.15, -0.1) is 0 Å². The van der Waals surface area contributed by atoms with Crippen LogP contribution in [0.15, 0.2) is 18.2 Å². The summed E-state index contributed by atoms with van der Waals surface area (Å²) in [6.45, 7) is 2.02. The predicted molar refractivity (Wildman–Crippen MR) is 67.5 cm³/mol. The highest BCUT2D eigenvalue weighted by Crippen LogP contribution is 2.19. The Hall–Kier alpha value is -1.13. The lowest BCUT2D eigenvalue weighted by molar-refractivity contribution is -0.117. The van der Waals surface area contributed by atoms with Gasteiger partial charge in [-0.3, -0.25) is 4.79 Å². The molecule has 0 aliphatic rings. The minimum atomic E-state index is -0.606. The molecule has 5 heteroatoms. The van der Waals surface area contributed by atoms with Crippen LogP contribution in [0, 0.1) is 5.82 Å². The number of anilines is 1. The fourth-order valence-electron chi connectivity index (χ4n) is 1.37. The highest BCUT2D eigenvalue weighted by atomic mass is 35.5. The summed E-state index contributed by atoms with van der Waals surface area (Å²) >= 11 is 5.61. The predicted octanol–water partition coefficient (Wildman–Crippen LogP) is 2.94. The van der Waals surface area contributed by atoms with Crippen molar-refractivity contribution >= 4 is 23.2 Å². The van der Waals surface area contributed by atoms with Gasteiger partial charge < -0.3 is 11.1 Å². The Bertz CT molecular complexity index is 398. The maximum absolute atomic E-state index is 13.4. The van der Waals surface area contributed by atoms with Gasteiger partial charge in [0.1, 0.15) is 5.82 Å². The molecule has 0 heterocycles. The average Bonchev–Trinajstić information content (AvgIpc) is 2.29. The van der Waals surface area contributed by atoms with Gasteiger partial charge in [-0.05, 0) is 24.6 Å². The van der Waals surface area contributed by atoms with Crippen molar-refractivity contribution in [2.45, 2.75) is 32.2 Å². The first-order valence-electron chi connectivity index (χ1n) is 5.56. The summed E-state index contributed by atoms with van der Waals surface area (Å²) in [4.78, 5) is 11.6. The summed E-state index contributed by atoms with van der Waals surface area (Å²) in [6.07, 6.45) is 2.44. The van der Waals surface area contributed by atoms with Gasteiger partial charge in [-0.2, -0.15) is 0 Å². The summed E-state index contributed by atoms with van der Waals surface area (Å²) < 4.78 is 13.4. The van der Waals surface area contributed by atoms with Crippen LogP contribution in [-0.2, 0) is 4.79 Å². The second-order valence-electron chi connectivity index (χ2n) is 3.86. The van der Waals surface area contributed by atoms with Crippen LogP contribution in [0.25, 0.3) is 0 Å². The molecular weight excluding hydrogens is 243 g/mol. The summed E-state index contributed by atoms with van der Waals surface area (Å²) in [7, 11) is 0. The molecule has 1 amide bonds. The molecule has 0 aliphatic heterocycles. The topological polar surface area (TPSA) is 55.1 Å². The Morgan fingerprint density at radius 3 is 2.88 bits per heavy atom. The molecule has 17 heavy (non-hydrogen) atoms. The number of benzene rings is 1. The van der Waals surface area contributed by atoms with Crippen LogP contribution in [0.5, 0.6) is 0 Å². The largest absolute Gasteiger partial charge is 0.322 e. The monoisotopic (exact) mass is 258 g/mol. The van der Waals surface area contributed by atoms with Gasteiger partial charge in [0.25, 0.3) is 0 Å². The maximum atomic E-state index is 13.4. The number of carbonyl (C=O) groups excluding carboxylic acids is 1. The van der Waals surface area contributed by atoms with Gasteiger partial charge in [0.05, 0.1) is 11.7 Å². The summed E-state index contributed by atoms with van der Waals surface area (Å²) in [5.74, 6) is -0.937. The van der Waals surface area contributed by atoms with Crippen molar-refractivity contribution in [3.8, 4) is 0 Å². The van der Waals surface area contributed by atoms with Crippen molar-refractivity contribution in [3.63, 3.8) is 0 Å². The molecular formula is C12H16ClFN2O. The number of rotatable bonds is 5. The molecule has 3 N–H and O–H groups in total. The third-order valence-electron chi connectivity index (χ3n) is 2.39. The molecule has 0 bridgehead atoms. The normalized spacial score (nSPS) is 12.2. The number of nitrogens with two attached hydrogens (primary N) is 1. The van der Waals surface area contributed by atoms with Crippen LogP contribution in [0.2, 0.25) is 5.02 Å². The van der Waals surface area contributed by atoms with Crippen LogP contribution < -0.4 is 11.1 Å². The van der Waals surface area contributed by atoms with Crippen LogP contribution in [0.1, 0.15) is 26.2 Å². The number of carbonyl (C=O) groups is 1. The van der Waals surface area contributed by atoms with Crippen molar-refractivity contribution in [1.29, 1.82) is 0 Å². The number of amides is 1. The first-order chi connectivity index (χ1) is 8.04. The zero-order chi connectivity index (χ0) is 12.8. The van der Waals surface area contributed by atoms with Crippen molar-refractivity contribution in [3.05, 3.63) is 29.0 Å². The Kier molecular flexibility index (Phi) is 5.38. The van der Waals surface area contributed by atoms with Crippen molar-refractivity contribution in [2.75, 3.05) is 5.32 Å². The van der Waals surface area contributed by atoms with Gasteiger partial charge in [-0.1, -0.05) is 31.4 Å². The number of halogens is 2. The van der Waals surface area contributed by atoms with Crippen LogP contribution in [-0.4, -0.2) is 11.9 Å². The smallest absolute Gasteiger partial charge is 0.241 e. The zero-order valence-corrected chi connectivity index (χ0v) is 10.4. The van der Waals surface area contributed by atoms with E-state index in [-0.39, 0.29) is 16.6 Å². The van der Waals surface area contributed by atoms with Gasteiger partial charge in [-0.25, -0.2) is 4.39 Å². The Labute approximate surface area is 105 Å². The van der Waals surface area contributed by atoms with E-state index >= 15 is 0 Å². The van der Waals surface area contributed by atoms with E-state index in [9.17, 15) is 9.18 Å².